The van der Waals surface area contributed by atoms with Crippen molar-refractivity contribution >= 4 is 11.7 Å². The van der Waals surface area contributed by atoms with Gasteiger partial charge in [0.15, 0.2) is 6.61 Å². The number of nitrogens with one attached hydrogen (secondary N) is 1. The summed E-state index contributed by atoms with van der Waals surface area (Å²) >= 11 is 0. The molecule has 1 aliphatic rings. The van der Waals surface area contributed by atoms with Crippen molar-refractivity contribution in [2.75, 3.05) is 51.0 Å². The number of nitrogens with zero attached hydrogens (tertiary/aromatic N) is 3. The van der Waals surface area contributed by atoms with Gasteiger partial charge in [-0.05, 0) is 37.1 Å². The molecule has 2 heterocycles. The van der Waals surface area contributed by atoms with Gasteiger partial charge in [-0.1, -0.05) is 6.07 Å². The van der Waals surface area contributed by atoms with Crippen LogP contribution in [0.5, 0.6) is 11.6 Å². The minimum atomic E-state index is -0.195. The Morgan fingerprint density at radius 2 is 1.86 bits per heavy atom. The summed E-state index contributed by atoms with van der Waals surface area (Å²) in [5, 5.41) is 2.77. The van der Waals surface area contributed by atoms with Gasteiger partial charge in [-0.3, -0.25) is 4.79 Å². The maximum absolute atomic E-state index is 11.9. The molecular formula is C20H26N4O4. The van der Waals surface area contributed by atoms with Crippen molar-refractivity contribution in [1.82, 2.24) is 15.3 Å². The second kappa shape index (κ2) is 9.89. The monoisotopic (exact) mass is 386 g/mol. The van der Waals surface area contributed by atoms with E-state index < -0.39 is 0 Å². The number of benzene rings is 1. The van der Waals surface area contributed by atoms with Gasteiger partial charge in [-0.25, -0.2) is 9.97 Å². The molecule has 0 radical (unpaired) electrons. The van der Waals surface area contributed by atoms with E-state index in [9.17, 15) is 4.79 Å². The van der Waals surface area contributed by atoms with E-state index in [1.807, 2.05) is 26.0 Å². The number of aromatic nitrogens is 2. The number of rotatable bonds is 8. The fourth-order valence-corrected chi connectivity index (χ4v) is 2.94. The van der Waals surface area contributed by atoms with Crippen molar-refractivity contribution in [3.05, 3.63) is 41.7 Å². The van der Waals surface area contributed by atoms with E-state index in [0.717, 1.165) is 30.0 Å². The summed E-state index contributed by atoms with van der Waals surface area (Å²) in [7, 11) is 0. The van der Waals surface area contributed by atoms with E-state index in [4.69, 9.17) is 14.2 Å². The number of morpholine rings is 1. The first-order chi connectivity index (χ1) is 13.6. The highest BCUT2D eigenvalue weighted by atomic mass is 16.5. The van der Waals surface area contributed by atoms with Crippen molar-refractivity contribution in [2.45, 2.75) is 13.8 Å². The molecule has 1 amide bonds. The van der Waals surface area contributed by atoms with Crippen molar-refractivity contribution in [2.24, 2.45) is 0 Å². The fourth-order valence-electron chi connectivity index (χ4n) is 2.94. The maximum atomic E-state index is 11.9. The van der Waals surface area contributed by atoms with Crippen LogP contribution in [-0.2, 0) is 9.53 Å². The molecule has 1 fully saturated rings. The third-order valence-corrected chi connectivity index (χ3v) is 4.20. The predicted molar refractivity (Wildman–Crippen MR) is 105 cm³/mol. The van der Waals surface area contributed by atoms with Crippen molar-refractivity contribution < 1.29 is 19.0 Å². The van der Waals surface area contributed by atoms with Gasteiger partial charge in [0.1, 0.15) is 24.5 Å². The lowest BCUT2D eigenvalue weighted by molar-refractivity contribution is -0.123. The molecule has 1 aromatic carbocycles. The van der Waals surface area contributed by atoms with Gasteiger partial charge in [-0.2, -0.15) is 0 Å². The summed E-state index contributed by atoms with van der Waals surface area (Å²) in [6, 6.07) is 7.67. The molecule has 150 valence electrons. The minimum absolute atomic E-state index is 0.0302. The van der Waals surface area contributed by atoms with Crippen LogP contribution in [0, 0.1) is 13.8 Å². The molecular weight excluding hydrogens is 360 g/mol. The minimum Gasteiger partial charge on any atom is -0.484 e. The fraction of sp³-hybridized carbons (Fsp3) is 0.450. The third kappa shape index (κ3) is 6.09. The first kappa shape index (κ1) is 19.9. The Labute approximate surface area is 164 Å². The van der Waals surface area contributed by atoms with E-state index in [-0.39, 0.29) is 12.5 Å². The zero-order valence-corrected chi connectivity index (χ0v) is 16.3. The van der Waals surface area contributed by atoms with E-state index in [1.165, 1.54) is 6.33 Å². The van der Waals surface area contributed by atoms with Crippen LogP contribution in [0.15, 0.2) is 30.6 Å². The molecule has 0 aliphatic carbocycles. The molecule has 8 nitrogen and oxygen atoms in total. The van der Waals surface area contributed by atoms with Crippen LogP contribution in [0.2, 0.25) is 0 Å². The number of aryl methyl sites for hydroxylation is 2. The van der Waals surface area contributed by atoms with Crippen LogP contribution in [0.4, 0.5) is 5.82 Å². The van der Waals surface area contributed by atoms with E-state index in [1.54, 1.807) is 6.07 Å². The zero-order valence-electron chi connectivity index (χ0n) is 16.3. The SMILES string of the molecule is Cc1cc(C)cc(OCC(=O)NCCOc2cc(N3CCOCC3)ncn2)c1. The number of carbonyl (C=O) groups excluding carboxylic acids is 1. The van der Waals surface area contributed by atoms with Crippen molar-refractivity contribution in [3.63, 3.8) is 0 Å². The average molecular weight is 386 g/mol. The Kier molecular flexibility index (Phi) is 7.02. The highest BCUT2D eigenvalue weighted by molar-refractivity contribution is 5.77. The quantitative estimate of drug-likeness (QED) is 0.688. The molecule has 1 saturated heterocycles. The molecule has 2 aromatic rings. The van der Waals surface area contributed by atoms with Crippen LogP contribution in [0.25, 0.3) is 0 Å². The van der Waals surface area contributed by atoms with Gasteiger partial charge in [-0.15, -0.1) is 0 Å². The zero-order chi connectivity index (χ0) is 19.8. The Hall–Kier alpha value is -2.87. The topological polar surface area (TPSA) is 85.8 Å². The Morgan fingerprint density at radius 1 is 1.11 bits per heavy atom. The number of ether oxygens (including phenoxy) is 3. The maximum Gasteiger partial charge on any atom is 0.258 e. The van der Waals surface area contributed by atoms with E-state index in [2.05, 4.69) is 26.3 Å². The highest BCUT2D eigenvalue weighted by Gasteiger charge is 2.13. The Balaban J connectivity index is 1.37. The summed E-state index contributed by atoms with van der Waals surface area (Å²) in [5.74, 6) is 1.80. The van der Waals surface area contributed by atoms with Crippen LogP contribution in [0.1, 0.15) is 11.1 Å². The van der Waals surface area contributed by atoms with Crippen molar-refractivity contribution in [1.29, 1.82) is 0 Å². The molecule has 8 heteroatoms. The van der Waals surface area contributed by atoms with Crippen LogP contribution < -0.4 is 19.7 Å². The Morgan fingerprint density at radius 3 is 2.61 bits per heavy atom. The van der Waals surface area contributed by atoms with Crippen LogP contribution >= 0.6 is 0 Å². The second-order valence-electron chi connectivity index (χ2n) is 6.62. The lowest BCUT2D eigenvalue weighted by atomic mass is 10.1. The average Bonchev–Trinajstić information content (AvgIpc) is 2.70. The van der Waals surface area contributed by atoms with Gasteiger partial charge < -0.3 is 24.4 Å². The standard InChI is InChI=1S/C20H26N4O4/c1-15-9-16(2)11-17(10-15)28-13-19(25)21-3-6-27-20-12-18(22-14-23-20)24-4-7-26-8-5-24/h9-12,14H,3-8,13H2,1-2H3,(H,21,25). The molecule has 3 rings (SSSR count). The molecule has 0 unspecified atom stereocenters. The van der Waals surface area contributed by atoms with E-state index >= 15 is 0 Å². The lowest BCUT2D eigenvalue weighted by Gasteiger charge is -2.27. The number of hydrogen-bond donors (Lipinski definition) is 1. The van der Waals surface area contributed by atoms with Crippen LogP contribution in [-0.4, -0.2) is 61.9 Å². The number of hydrogen-bond acceptors (Lipinski definition) is 7. The largest absolute Gasteiger partial charge is 0.484 e. The molecule has 1 N–H and O–H groups in total. The summed E-state index contributed by atoms with van der Waals surface area (Å²) in [5.41, 5.74) is 2.20. The molecule has 1 aromatic heterocycles. The van der Waals surface area contributed by atoms with E-state index in [0.29, 0.717) is 38.0 Å². The molecule has 1 aliphatic heterocycles. The second-order valence-corrected chi connectivity index (χ2v) is 6.62. The smallest absolute Gasteiger partial charge is 0.258 e. The van der Waals surface area contributed by atoms with Crippen LogP contribution in [0.3, 0.4) is 0 Å². The first-order valence-electron chi connectivity index (χ1n) is 9.35. The third-order valence-electron chi connectivity index (χ3n) is 4.20. The summed E-state index contributed by atoms with van der Waals surface area (Å²) in [4.78, 5) is 22.4. The first-order valence-corrected chi connectivity index (χ1v) is 9.35. The van der Waals surface area contributed by atoms with Gasteiger partial charge in [0.05, 0.1) is 19.8 Å². The predicted octanol–water partition coefficient (Wildman–Crippen LogP) is 1.50. The molecule has 0 atom stereocenters. The van der Waals surface area contributed by atoms with Crippen molar-refractivity contribution in [3.8, 4) is 11.6 Å². The summed E-state index contributed by atoms with van der Waals surface area (Å²) in [6.07, 6.45) is 1.48. The number of carbonyl (C=O) groups is 1. The summed E-state index contributed by atoms with van der Waals surface area (Å²) in [6.45, 7) is 7.62. The molecule has 28 heavy (non-hydrogen) atoms. The lowest BCUT2D eigenvalue weighted by Crippen LogP contribution is -2.36. The number of amides is 1. The highest BCUT2D eigenvalue weighted by Crippen LogP contribution is 2.17. The number of anilines is 1. The van der Waals surface area contributed by atoms with Gasteiger partial charge in [0.25, 0.3) is 5.91 Å². The normalized spacial score (nSPS) is 13.9. The van der Waals surface area contributed by atoms with Gasteiger partial charge in [0.2, 0.25) is 5.88 Å². The Bertz CT molecular complexity index is 773. The molecule has 0 spiro atoms. The van der Waals surface area contributed by atoms with Gasteiger partial charge >= 0.3 is 0 Å². The van der Waals surface area contributed by atoms with Gasteiger partial charge in [0, 0.05) is 19.2 Å². The summed E-state index contributed by atoms with van der Waals surface area (Å²) < 4.78 is 16.5. The molecule has 0 saturated carbocycles. The molecule has 0 bridgehead atoms.